The molecule has 0 amide bonds. The van der Waals surface area contributed by atoms with E-state index >= 15 is 0 Å². The lowest BCUT2D eigenvalue weighted by Crippen LogP contribution is -2.42. The second-order valence-corrected chi connectivity index (χ2v) is 8.88. The number of hydrogen-bond acceptors (Lipinski definition) is 5. The number of esters is 1. The van der Waals surface area contributed by atoms with Crippen LogP contribution in [-0.2, 0) is 27.1 Å². The van der Waals surface area contributed by atoms with Gasteiger partial charge in [-0.05, 0) is 55.1 Å². The lowest BCUT2D eigenvalue weighted by atomic mass is 9.94. The second kappa shape index (κ2) is 9.96. The number of nitrogens with one attached hydrogen (secondary N) is 1. The summed E-state index contributed by atoms with van der Waals surface area (Å²) in [5.41, 5.74) is 1.81. The van der Waals surface area contributed by atoms with Crippen molar-refractivity contribution in [2.45, 2.75) is 50.2 Å². The zero-order valence-corrected chi connectivity index (χ0v) is 17.7. The quantitative estimate of drug-likeness (QED) is 0.492. The summed E-state index contributed by atoms with van der Waals surface area (Å²) in [6.07, 6.45) is 2.84. The number of benzene rings is 2. The third-order valence-electron chi connectivity index (χ3n) is 4.62. The van der Waals surface area contributed by atoms with Crippen molar-refractivity contribution in [1.29, 1.82) is 0 Å². The Morgan fingerprint density at radius 1 is 1.25 bits per heavy atom. The Morgan fingerprint density at radius 2 is 1.93 bits per heavy atom. The van der Waals surface area contributed by atoms with Crippen molar-refractivity contribution in [3.05, 3.63) is 59.7 Å². The number of aryl methyl sites for hydroxylation is 1. The van der Waals surface area contributed by atoms with Crippen LogP contribution in [0, 0.1) is 0 Å². The van der Waals surface area contributed by atoms with Gasteiger partial charge in [-0.3, -0.25) is 4.79 Å². The molecule has 2 aromatic carbocycles. The van der Waals surface area contributed by atoms with Crippen LogP contribution in [0.2, 0.25) is 0 Å². The van der Waals surface area contributed by atoms with Gasteiger partial charge in [0.2, 0.25) is 0 Å². The molecule has 0 saturated heterocycles. The number of carbonyl (C=O) groups excluding carboxylic acids is 1. The van der Waals surface area contributed by atoms with Crippen molar-refractivity contribution >= 4 is 17.1 Å². The van der Waals surface area contributed by atoms with Crippen molar-refractivity contribution in [3.63, 3.8) is 0 Å². The molecule has 0 heterocycles. The molecule has 0 aliphatic carbocycles. The molecule has 2 unspecified atom stereocenters. The van der Waals surface area contributed by atoms with Gasteiger partial charge < -0.3 is 19.7 Å². The fraction of sp³-hybridized carbons (Fsp3) is 0.409. The number of carbonyl (C=O) groups is 1. The van der Waals surface area contributed by atoms with Crippen molar-refractivity contribution in [3.8, 4) is 5.75 Å². The molecule has 0 bridgehead atoms. The van der Waals surface area contributed by atoms with Crippen LogP contribution in [0.4, 0.5) is 0 Å². The summed E-state index contributed by atoms with van der Waals surface area (Å²) in [5.74, 6) is -0.413. The number of ether oxygens (including phenoxy) is 1. The molecule has 152 valence electrons. The largest absolute Gasteiger partial charge is 0.612 e. The Hall–Kier alpha value is -2.02. The molecule has 0 fully saturated rings. The highest BCUT2D eigenvalue weighted by Crippen LogP contribution is 2.28. The average Bonchev–Trinajstić information content (AvgIpc) is 2.64. The van der Waals surface area contributed by atoms with Gasteiger partial charge in [0.1, 0.15) is 12.4 Å². The number of aromatic hydroxyl groups is 1. The monoisotopic (exact) mass is 403 g/mol. The van der Waals surface area contributed by atoms with Crippen molar-refractivity contribution < 1.29 is 19.2 Å². The van der Waals surface area contributed by atoms with Gasteiger partial charge in [0.25, 0.3) is 0 Å². The van der Waals surface area contributed by atoms with Crippen LogP contribution in [0.25, 0.3) is 0 Å². The van der Waals surface area contributed by atoms with Crippen LogP contribution in [0.5, 0.6) is 5.75 Å². The highest BCUT2D eigenvalue weighted by atomic mass is 32.2. The van der Waals surface area contributed by atoms with Crippen LogP contribution >= 0.6 is 0 Å². The molecule has 0 spiro atoms. The van der Waals surface area contributed by atoms with Crippen LogP contribution in [0.1, 0.15) is 44.4 Å². The molecule has 0 saturated carbocycles. The van der Waals surface area contributed by atoms with E-state index in [0.717, 1.165) is 12.8 Å². The lowest BCUT2D eigenvalue weighted by Gasteiger charge is -2.29. The first-order valence-electron chi connectivity index (χ1n) is 9.30. The van der Waals surface area contributed by atoms with E-state index in [1.54, 1.807) is 12.1 Å². The smallest absolute Gasteiger partial charge is 0.303 e. The van der Waals surface area contributed by atoms with Crippen molar-refractivity contribution in [1.82, 2.24) is 5.32 Å². The summed E-state index contributed by atoms with van der Waals surface area (Å²) in [6.45, 7) is 6.02. The van der Waals surface area contributed by atoms with Crippen molar-refractivity contribution in [2.24, 2.45) is 0 Å². The van der Waals surface area contributed by atoms with Gasteiger partial charge >= 0.3 is 5.97 Å². The van der Waals surface area contributed by atoms with E-state index in [2.05, 4.69) is 31.3 Å². The first kappa shape index (κ1) is 22.3. The maximum absolute atomic E-state index is 11.8. The Balaban J connectivity index is 2.07. The molecule has 5 nitrogen and oxygen atoms in total. The molecule has 2 aromatic rings. The molecule has 6 heteroatoms. The van der Waals surface area contributed by atoms with Crippen LogP contribution < -0.4 is 5.32 Å². The van der Waals surface area contributed by atoms with Gasteiger partial charge in [-0.15, -0.1) is 0 Å². The molecule has 0 aliphatic rings. The van der Waals surface area contributed by atoms with E-state index in [1.807, 2.05) is 18.2 Å². The van der Waals surface area contributed by atoms with Crippen LogP contribution in [0.15, 0.2) is 53.4 Å². The molecule has 0 aliphatic heterocycles. The third-order valence-corrected chi connectivity index (χ3v) is 5.57. The summed E-state index contributed by atoms with van der Waals surface area (Å²) < 4.78 is 17.3. The first-order valence-corrected chi connectivity index (χ1v) is 10.9. The van der Waals surface area contributed by atoms with Gasteiger partial charge in [0.05, 0.1) is 0 Å². The fourth-order valence-electron chi connectivity index (χ4n) is 2.95. The van der Waals surface area contributed by atoms with Gasteiger partial charge in [0, 0.05) is 25.1 Å². The standard InChI is InChI=1S/C22H29NO4S/c1-16(24)27-20(18-10-11-19(25)21(14-18)28(4)26)15-23-22(2,3)13-12-17-8-6-5-7-9-17/h5-11,14,20,23,25H,12-13,15H2,1-4H3. The van der Waals surface area contributed by atoms with Gasteiger partial charge in [-0.2, -0.15) is 0 Å². The topological polar surface area (TPSA) is 81.6 Å². The summed E-state index contributed by atoms with van der Waals surface area (Å²) >= 11 is -1.34. The molecular weight excluding hydrogens is 374 g/mol. The normalized spacial score (nSPS) is 13.8. The van der Waals surface area contributed by atoms with Crippen LogP contribution in [0.3, 0.4) is 0 Å². The highest BCUT2D eigenvalue weighted by molar-refractivity contribution is 7.90. The molecule has 2 atom stereocenters. The third kappa shape index (κ3) is 6.86. The minimum absolute atomic E-state index is 0.0256. The average molecular weight is 404 g/mol. The molecule has 28 heavy (non-hydrogen) atoms. The molecule has 0 radical (unpaired) electrons. The SMILES string of the molecule is CC(=O)OC(CNC(C)(C)CCc1ccccc1)c1ccc(O)c([S+](C)[O-])c1. The number of hydrogen-bond donors (Lipinski definition) is 2. The van der Waals surface area contributed by atoms with Gasteiger partial charge in [-0.1, -0.05) is 36.4 Å². The Morgan fingerprint density at radius 3 is 2.54 bits per heavy atom. The predicted octanol–water partition coefficient (Wildman–Crippen LogP) is 3.73. The Kier molecular flexibility index (Phi) is 7.92. The number of rotatable bonds is 9. The highest BCUT2D eigenvalue weighted by Gasteiger charge is 2.24. The maximum Gasteiger partial charge on any atom is 0.303 e. The molecule has 0 aromatic heterocycles. The Labute approximate surface area is 170 Å². The maximum atomic E-state index is 11.8. The molecule has 2 N–H and O–H groups in total. The van der Waals surface area contributed by atoms with E-state index in [-0.39, 0.29) is 17.3 Å². The number of phenolic OH excluding ortho intramolecular Hbond substituents is 1. The molecule has 2 rings (SSSR count). The predicted molar refractivity (Wildman–Crippen MR) is 112 cm³/mol. The number of phenols is 1. The summed E-state index contributed by atoms with van der Waals surface area (Å²) in [7, 11) is 0. The first-order chi connectivity index (χ1) is 13.2. The van der Waals surface area contributed by atoms with E-state index in [9.17, 15) is 14.5 Å². The van der Waals surface area contributed by atoms with Crippen molar-refractivity contribution in [2.75, 3.05) is 12.8 Å². The summed E-state index contributed by atoms with van der Waals surface area (Å²) in [6, 6.07) is 15.1. The van der Waals surface area contributed by atoms with E-state index in [0.29, 0.717) is 17.0 Å². The summed E-state index contributed by atoms with van der Waals surface area (Å²) in [4.78, 5) is 11.9. The minimum Gasteiger partial charge on any atom is -0.612 e. The fourth-order valence-corrected chi connectivity index (χ4v) is 3.61. The summed E-state index contributed by atoms with van der Waals surface area (Å²) in [5, 5.41) is 13.4. The van der Waals surface area contributed by atoms with Gasteiger partial charge in [-0.25, -0.2) is 0 Å². The zero-order chi connectivity index (χ0) is 20.7. The van der Waals surface area contributed by atoms with E-state index < -0.39 is 17.3 Å². The van der Waals surface area contributed by atoms with E-state index in [4.69, 9.17) is 4.74 Å². The zero-order valence-electron chi connectivity index (χ0n) is 16.9. The van der Waals surface area contributed by atoms with Crippen LogP contribution in [-0.4, -0.2) is 34.0 Å². The Bertz CT molecular complexity index is 777. The van der Waals surface area contributed by atoms with E-state index in [1.165, 1.54) is 24.8 Å². The lowest BCUT2D eigenvalue weighted by molar-refractivity contribution is -0.146. The minimum atomic E-state index is -1.34. The van der Waals surface area contributed by atoms with Gasteiger partial charge in [0.15, 0.2) is 10.6 Å². The molecular formula is C22H29NO4S. The second-order valence-electron chi connectivity index (χ2n) is 7.53.